The molecule has 3 heterocycles. The molecule has 0 radical (unpaired) electrons. The monoisotopic (exact) mass is 362 g/mol. The molecule has 0 aromatic carbocycles. The van der Waals surface area contributed by atoms with Crippen molar-refractivity contribution < 1.29 is 4.79 Å². The number of amides is 1. The number of aromatic nitrogens is 2. The molecule has 1 amide bonds. The zero-order chi connectivity index (χ0) is 14.5. The maximum Gasteiger partial charge on any atom is 0.222 e. The van der Waals surface area contributed by atoms with Gasteiger partial charge in [0.2, 0.25) is 5.91 Å². The number of hydrogen-bond acceptors (Lipinski definition) is 3. The van der Waals surface area contributed by atoms with Crippen LogP contribution in [0.2, 0.25) is 0 Å². The van der Waals surface area contributed by atoms with Gasteiger partial charge in [-0.05, 0) is 62.6 Å². The highest BCUT2D eigenvalue weighted by atomic mass is 35.5. The van der Waals surface area contributed by atoms with Crippen LogP contribution in [0.5, 0.6) is 0 Å². The minimum absolute atomic E-state index is 0. The quantitative estimate of drug-likeness (QED) is 0.865. The third kappa shape index (κ3) is 5.66. The average molecular weight is 363 g/mol. The number of rotatable bonds is 4. The summed E-state index contributed by atoms with van der Waals surface area (Å²) in [6.07, 6.45) is 10.3. The van der Waals surface area contributed by atoms with Crippen LogP contribution >= 0.6 is 24.8 Å². The van der Waals surface area contributed by atoms with Gasteiger partial charge >= 0.3 is 0 Å². The third-order valence-corrected chi connectivity index (χ3v) is 5.06. The van der Waals surface area contributed by atoms with E-state index in [0.717, 1.165) is 57.8 Å². The van der Waals surface area contributed by atoms with E-state index in [1.807, 2.05) is 12.4 Å². The molecular formula is C16H28Cl2N4O. The zero-order valence-corrected chi connectivity index (χ0v) is 15.1. The Labute approximate surface area is 150 Å². The molecule has 0 unspecified atom stereocenters. The van der Waals surface area contributed by atoms with Crippen LogP contribution in [0.25, 0.3) is 0 Å². The van der Waals surface area contributed by atoms with Gasteiger partial charge in [-0.15, -0.1) is 24.8 Å². The molecular weight excluding hydrogens is 335 g/mol. The molecule has 0 bridgehead atoms. The van der Waals surface area contributed by atoms with E-state index in [4.69, 9.17) is 0 Å². The number of carbonyl (C=O) groups excluding carboxylic acids is 1. The van der Waals surface area contributed by atoms with Gasteiger partial charge in [0.1, 0.15) is 0 Å². The first kappa shape index (κ1) is 20.3. The number of nitrogens with one attached hydrogen (secondary N) is 2. The second kappa shape index (κ2) is 10.2. The Balaban J connectivity index is 0.00000132. The molecule has 3 rings (SSSR count). The molecule has 0 spiro atoms. The fraction of sp³-hybridized carbons (Fsp3) is 0.750. The largest absolute Gasteiger partial charge is 0.343 e. The van der Waals surface area contributed by atoms with Crippen molar-refractivity contribution in [1.29, 1.82) is 0 Å². The minimum Gasteiger partial charge on any atom is -0.343 e. The second-order valence-electron chi connectivity index (χ2n) is 6.42. The SMILES string of the molecule is Cl.Cl.O=C(CCC1CCNCC1)N1CCC(c2cn[nH]c2)CC1. The standard InChI is InChI=1S/C16H26N4O.2ClH/c21-16(2-1-13-3-7-17-8-4-13)20-9-5-14(6-10-20)15-11-18-19-12-15;;/h11-14,17H,1-10H2,(H,18,19);2*1H. The first-order valence-corrected chi connectivity index (χ1v) is 8.30. The molecule has 132 valence electrons. The third-order valence-electron chi connectivity index (χ3n) is 5.06. The molecule has 0 aliphatic carbocycles. The summed E-state index contributed by atoms with van der Waals surface area (Å²) < 4.78 is 0. The predicted molar refractivity (Wildman–Crippen MR) is 96.5 cm³/mol. The fourth-order valence-electron chi connectivity index (χ4n) is 3.60. The lowest BCUT2D eigenvalue weighted by molar-refractivity contribution is -0.132. The smallest absolute Gasteiger partial charge is 0.222 e. The maximum absolute atomic E-state index is 12.3. The number of nitrogens with zero attached hydrogens (tertiary/aromatic N) is 2. The van der Waals surface area contributed by atoms with Crippen molar-refractivity contribution in [3.05, 3.63) is 18.0 Å². The van der Waals surface area contributed by atoms with Crippen LogP contribution in [0.1, 0.15) is 50.0 Å². The van der Waals surface area contributed by atoms with Crippen LogP contribution in [0.15, 0.2) is 12.4 Å². The van der Waals surface area contributed by atoms with Crippen LogP contribution in [0.4, 0.5) is 0 Å². The summed E-state index contributed by atoms with van der Waals surface area (Å²) in [6.45, 7) is 4.05. The minimum atomic E-state index is 0. The van der Waals surface area contributed by atoms with Crippen LogP contribution in [-0.4, -0.2) is 47.2 Å². The molecule has 2 saturated heterocycles. The van der Waals surface area contributed by atoms with Gasteiger partial charge in [-0.3, -0.25) is 9.89 Å². The zero-order valence-electron chi connectivity index (χ0n) is 13.5. The van der Waals surface area contributed by atoms with Gasteiger partial charge in [0.05, 0.1) is 6.20 Å². The molecule has 1 aromatic rings. The summed E-state index contributed by atoms with van der Waals surface area (Å²) in [4.78, 5) is 14.4. The maximum atomic E-state index is 12.3. The van der Waals surface area contributed by atoms with E-state index < -0.39 is 0 Å². The van der Waals surface area contributed by atoms with Crippen molar-refractivity contribution in [1.82, 2.24) is 20.4 Å². The normalized spacial score (nSPS) is 19.7. The van der Waals surface area contributed by atoms with Gasteiger partial charge in [0.15, 0.2) is 0 Å². The van der Waals surface area contributed by atoms with E-state index in [9.17, 15) is 4.79 Å². The predicted octanol–water partition coefficient (Wildman–Crippen LogP) is 2.74. The van der Waals surface area contributed by atoms with Gasteiger partial charge < -0.3 is 10.2 Å². The Morgan fingerprint density at radius 2 is 1.87 bits per heavy atom. The molecule has 1 aromatic heterocycles. The summed E-state index contributed by atoms with van der Waals surface area (Å²) in [5.74, 6) is 1.68. The molecule has 0 atom stereocenters. The van der Waals surface area contributed by atoms with E-state index in [2.05, 4.69) is 20.4 Å². The lowest BCUT2D eigenvalue weighted by Gasteiger charge is -2.32. The summed E-state index contributed by atoms with van der Waals surface area (Å²) in [5, 5.41) is 10.3. The molecule has 7 heteroatoms. The molecule has 0 saturated carbocycles. The number of likely N-dealkylation sites (tertiary alicyclic amines) is 1. The summed E-state index contributed by atoms with van der Waals surface area (Å²) >= 11 is 0. The van der Waals surface area contributed by atoms with Crippen LogP contribution in [0.3, 0.4) is 0 Å². The van der Waals surface area contributed by atoms with Crippen LogP contribution in [-0.2, 0) is 4.79 Å². The van der Waals surface area contributed by atoms with Gasteiger partial charge in [0, 0.05) is 25.7 Å². The molecule has 2 fully saturated rings. The van der Waals surface area contributed by atoms with Crippen molar-refractivity contribution in [2.75, 3.05) is 26.2 Å². The van der Waals surface area contributed by atoms with Crippen molar-refractivity contribution in [3.63, 3.8) is 0 Å². The van der Waals surface area contributed by atoms with Crippen LogP contribution < -0.4 is 5.32 Å². The average Bonchev–Trinajstić information content (AvgIpc) is 3.08. The van der Waals surface area contributed by atoms with E-state index in [1.54, 1.807) is 0 Å². The Morgan fingerprint density at radius 3 is 2.48 bits per heavy atom. The lowest BCUT2D eigenvalue weighted by Crippen LogP contribution is -2.38. The first-order valence-electron chi connectivity index (χ1n) is 8.30. The Morgan fingerprint density at radius 1 is 1.17 bits per heavy atom. The van der Waals surface area contributed by atoms with E-state index in [1.165, 1.54) is 18.4 Å². The number of carbonyl (C=O) groups is 1. The van der Waals surface area contributed by atoms with Crippen molar-refractivity contribution >= 4 is 30.7 Å². The molecule has 2 aliphatic rings. The molecule has 5 nitrogen and oxygen atoms in total. The molecule has 23 heavy (non-hydrogen) atoms. The van der Waals surface area contributed by atoms with E-state index in [-0.39, 0.29) is 24.8 Å². The van der Waals surface area contributed by atoms with Crippen molar-refractivity contribution in [2.45, 2.75) is 44.4 Å². The molecule has 2 N–H and O–H groups in total. The summed E-state index contributed by atoms with van der Waals surface area (Å²) in [6, 6.07) is 0. The highest BCUT2D eigenvalue weighted by molar-refractivity contribution is 5.85. The van der Waals surface area contributed by atoms with Gasteiger partial charge in [-0.2, -0.15) is 5.10 Å². The number of H-pyrrole nitrogens is 1. The number of aromatic amines is 1. The van der Waals surface area contributed by atoms with Gasteiger partial charge in [0.25, 0.3) is 0 Å². The number of piperidine rings is 2. The fourth-order valence-corrected chi connectivity index (χ4v) is 3.60. The second-order valence-corrected chi connectivity index (χ2v) is 6.42. The van der Waals surface area contributed by atoms with E-state index in [0.29, 0.717) is 11.8 Å². The summed E-state index contributed by atoms with van der Waals surface area (Å²) in [5.41, 5.74) is 1.29. The molecule has 2 aliphatic heterocycles. The summed E-state index contributed by atoms with van der Waals surface area (Å²) in [7, 11) is 0. The highest BCUT2D eigenvalue weighted by Crippen LogP contribution is 2.28. The lowest BCUT2D eigenvalue weighted by atomic mass is 9.90. The van der Waals surface area contributed by atoms with Crippen molar-refractivity contribution in [2.24, 2.45) is 5.92 Å². The Hall–Kier alpha value is -0.780. The van der Waals surface area contributed by atoms with E-state index >= 15 is 0 Å². The Kier molecular flexibility index (Phi) is 8.95. The first-order chi connectivity index (χ1) is 10.3. The van der Waals surface area contributed by atoms with Crippen molar-refractivity contribution in [3.8, 4) is 0 Å². The van der Waals surface area contributed by atoms with Gasteiger partial charge in [-0.25, -0.2) is 0 Å². The number of halogens is 2. The van der Waals surface area contributed by atoms with Crippen LogP contribution in [0, 0.1) is 5.92 Å². The highest BCUT2D eigenvalue weighted by Gasteiger charge is 2.24. The number of hydrogen-bond donors (Lipinski definition) is 2. The van der Waals surface area contributed by atoms with Gasteiger partial charge in [-0.1, -0.05) is 0 Å². The Bertz CT molecular complexity index is 441. The topological polar surface area (TPSA) is 61.0 Å².